The summed E-state index contributed by atoms with van der Waals surface area (Å²) in [4.78, 5) is 0. The van der Waals surface area contributed by atoms with Crippen LogP contribution < -0.4 is 0 Å². The van der Waals surface area contributed by atoms with Crippen LogP contribution in [0.25, 0.3) is 0 Å². The third-order valence-corrected chi connectivity index (χ3v) is 4.76. The first-order valence-electron chi connectivity index (χ1n) is 6.02. The van der Waals surface area contributed by atoms with E-state index in [-0.39, 0.29) is 12.3 Å². The van der Waals surface area contributed by atoms with Gasteiger partial charge < -0.3 is 4.52 Å². The van der Waals surface area contributed by atoms with Gasteiger partial charge in [0.15, 0.2) is 0 Å². The molecule has 90 valence electrons. The Kier molecular flexibility index (Phi) is 5.28. The van der Waals surface area contributed by atoms with Crippen LogP contribution in [0.2, 0.25) is 0 Å². The lowest BCUT2D eigenvalue weighted by Crippen LogP contribution is -2.22. The minimum absolute atomic E-state index is 0.0596. The Morgan fingerprint density at radius 1 is 1.40 bits per heavy atom. The van der Waals surface area contributed by atoms with Crippen LogP contribution in [0.1, 0.15) is 52.4 Å². The smallest absolute Gasteiger partial charge is 0.302 e. The molecule has 4 heteroatoms. The molecule has 0 aliphatic heterocycles. The molecule has 2 atom stereocenters. The molecule has 2 nitrogen and oxygen atoms in total. The molecule has 2 unspecified atom stereocenters. The fraction of sp³-hybridized carbons (Fsp3) is 1.00. The summed E-state index contributed by atoms with van der Waals surface area (Å²) in [5.41, 5.74) is 0. The molecule has 1 aliphatic carbocycles. The van der Waals surface area contributed by atoms with Gasteiger partial charge in [-0.3, -0.25) is 4.57 Å². The Morgan fingerprint density at radius 2 is 2.00 bits per heavy atom. The molecule has 0 aromatic rings. The highest BCUT2D eigenvalue weighted by molar-refractivity contribution is 7.53. The van der Waals surface area contributed by atoms with E-state index < -0.39 is 7.68 Å². The minimum atomic E-state index is -3.82. The molecule has 0 aromatic heterocycles. The molecule has 1 aliphatic rings. The second kappa shape index (κ2) is 6.00. The van der Waals surface area contributed by atoms with Gasteiger partial charge in [-0.25, -0.2) is 0 Å². The van der Waals surface area contributed by atoms with E-state index in [1.54, 1.807) is 0 Å². The molecular weight excluding hydrogens is 214 g/mol. The van der Waals surface area contributed by atoms with Crippen LogP contribution in [0.3, 0.4) is 0 Å². The first-order valence-corrected chi connectivity index (χ1v) is 7.72. The lowest BCUT2D eigenvalue weighted by molar-refractivity contribution is 0.117. The van der Waals surface area contributed by atoms with Gasteiger partial charge in [0, 0.05) is 0 Å². The van der Waals surface area contributed by atoms with E-state index in [9.17, 15) is 8.76 Å². The topological polar surface area (TPSA) is 26.3 Å². The summed E-state index contributed by atoms with van der Waals surface area (Å²) < 4.78 is 29.9. The maximum absolute atomic E-state index is 13.4. The summed E-state index contributed by atoms with van der Waals surface area (Å²) in [6, 6.07) is 0. The molecule has 15 heavy (non-hydrogen) atoms. The molecule has 0 spiro atoms. The first kappa shape index (κ1) is 13.2. The van der Waals surface area contributed by atoms with Crippen molar-refractivity contribution in [2.75, 3.05) is 6.16 Å². The van der Waals surface area contributed by atoms with Crippen molar-refractivity contribution in [3.8, 4) is 0 Å². The standard InChI is InChI=1S/C11H22FO2P/c1-3-9-15(12,13)14-10(2)11-7-5-4-6-8-11/h10-11H,3-9H2,1-2H3. The first-order chi connectivity index (χ1) is 7.05. The summed E-state index contributed by atoms with van der Waals surface area (Å²) in [7, 11) is -3.82. The largest absolute Gasteiger partial charge is 0.367 e. The Hall–Kier alpha value is 0.120. The summed E-state index contributed by atoms with van der Waals surface area (Å²) >= 11 is 0. The Labute approximate surface area is 92.2 Å². The van der Waals surface area contributed by atoms with Gasteiger partial charge in [0.05, 0.1) is 12.3 Å². The third-order valence-electron chi connectivity index (χ3n) is 3.13. The summed E-state index contributed by atoms with van der Waals surface area (Å²) in [5.74, 6) is 0.402. The number of rotatable bonds is 5. The number of hydrogen-bond acceptors (Lipinski definition) is 2. The Morgan fingerprint density at radius 3 is 2.53 bits per heavy atom. The third kappa shape index (κ3) is 4.65. The lowest BCUT2D eigenvalue weighted by Gasteiger charge is -2.28. The van der Waals surface area contributed by atoms with Crippen molar-refractivity contribution in [1.82, 2.24) is 0 Å². The summed E-state index contributed by atoms with van der Waals surface area (Å²) in [6.07, 6.45) is 6.29. The van der Waals surface area contributed by atoms with Gasteiger partial charge in [-0.05, 0) is 32.1 Å². The van der Waals surface area contributed by atoms with E-state index in [1.807, 2.05) is 13.8 Å². The van der Waals surface area contributed by atoms with E-state index in [2.05, 4.69) is 0 Å². The van der Waals surface area contributed by atoms with E-state index >= 15 is 0 Å². The highest BCUT2D eigenvalue weighted by Crippen LogP contribution is 2.51. The zero-order chi connectivity index (χ0) is 11.3. The number of halogens is 1. The van der Waals surface area contributed by atoms with E-state index in [1.165, 1.54) is 19.3 Å². The fourth-order valence-corrected chi connectivity index (χ4v) is 3.57. The van der Waals surface area contributed by atoms with Crippen molar-refractivity contribution in [2.45, 2.75) is 58.5 Å². The van der Waals surface area contributed by atoms with Crippen LogP contribution in [-0.4, -0.2) is 12.3 Å². The lowest BCUT2D eigenvalue weighted by atomic mass is 9.86. The van der Waals surface area contributed by atoms with Crippen molar-refractivity contribution in [3.05, 3.63) is 0 Å². The van der Waals surface area contributed by atoms with Gasteiger partial charge in [-0.15, -0.1) is 0 Å². The second-order valence-corrected chi connectivity index (χ2v) is 6.36. The van der Waals surface area contributed by atoms with Gasteiger partial charge in [-0.1, -0.05) is 26.2 Å². The Balaban J connectivity index is 2.39. The van der Waals surface area contributed by atoms with Crippen LogP contribution in [0.15, 0.2) is 0 Å². The maximum atomic E-state index is 13.4. The molecule has 0 N–H and O–H groups in total. The maximum Gasteiger partial charge on any atom is 0.367 e. The molecule has 1 rings (SSSR count). The molecule has 0 saturated heterocycles. The van der Waals surface area contributed by atoms with Gasteiger partial charge in [-0.2, -0.15) is 4.20 Å². The molecule has 0 amide bonds. The molecular formula is C11H22FO2P. The van der Waals surface area contributed by atoms with Gasteiger partial charge >= 0.3 is 7.68 Å². The van der Waals surface area contributed by atoms with Crippen molar-refractivity contribution in [2.24, 2.45) is 5.92 Å². The van der Waals surface area contributed by atoms with Crippen LogP contribution >= 0.6 is 7.68 Å². The second-order valence-electron chi connectivity index (χ2n) is 4.52. The predicted octanol–water partition coefficient (Wildman–Crippen LogP) is 4.54. The summed E-state index contributed by atoms with van der Waals surface area (Å²) in [5, 5.41) is 0. The zero-order valence-corrected chi connectivity index (χ0v) is 10.6. The van der Waals surface area contributed by atoms with E-state index in [0.29, 0.717) is 12.3 Å². The number of hydrogen-bond donors (Lipinski definition) is 0. The SMILES string of the molecule is CCCP(=O)(F)OC(C)C1CCCCC1. The molecule has 0 heterocycles. The van der Waals surface area contributed by atoms with Crippen LogP contribution in [-0.2, 0) is 9.09 Å². The molecule has 1 fully saturated rings. The van der Waals surface area contributed by atoms with Crippen LogP contribution in [0, 0.1) is 5.92 Å². The van der Waals surface area contributed by atoms with Crippen LogP contribution in [0.4, 0.5) is 4.20 Å². The molecule has 0 aromatic carbocycles. The quantitative estimate of drug-likeness (QED) is 0.655. The molecule has 1 saturated carbocycles. The highest BCUT2D eigenvalue weighted by atomic mass is 31.2. The Bertz CT molecular complexity index is 227. The highest BCUT2D eigenvalue weighted by Gasteiger charge is 2.29. The van der Waals surface area contributed by atoms with Gasteiger partial charge in [0.25, 0.3) is 0 Å². The monoisotopic (exact) mass is 236 g/mol. The van der Waals surface area contributed by atoms with Gasteiger partial charge in [0.2, 0.25) is 0 Å². The predicted molar refractivity (Wildman–Crippen MR) is 61.0 cm³/mol. The van der Waals surface area contributed by atoms with Crippen molar-refractivity contribution >= 4 is 7.68 Å². The normalized spacial score (nSPS) is 24.7. The van der Waals surface area contributed by atoms with Crippen molar-refractivity contribution < 1.29 is 13.3 Å². The van der Waals surface area contributed by atoms with E-state index in [4.69, 9.17) is 4.52 Å². The molecule has 0 radical (unpaired) electrons. The van der Waals surface area contributed by atoms with Gasteiger partial charge in [0.1, 0.15) is 0 Å². The zero-order valence-electron chi connectivity index (χ0n) is 9.75. The van der Waals surface area contributed by atoms with E-state index in [0.717, 1.165) is 12.8 Å². The average Bonchev–Trinajstić information content (AvgIpc) is 2.18. The van der Waals surface area contributed by atoms with Crippen molar-refractivity contribution in [3.63, 3.8) is 0 Å². The van der Waals surface area contributed by atoms with Crippen LogP contribution in [0.5, 0.6) is 0 Å². The summed E-state index contributed by atoms with van der Waals surface area (Å²) in [6.45, 7) is 3.68. The average molecular weight is 236 g/mol. The molecule has 0 bridgehead atoms. The fourth-order valence-electron chi connectivity index (χ4n) is 2.26. The van der Waals surface area contributed by atoms with Crippen molar-refractivity contribution in [1.29, 1.82) is 0 Å². The minimum Gasteiger partial charge on any atom is -0.302 e.